The summed E-state index contributed by atoms with van der Waals surface area (Å²) in [4.78, 5) is 17.1. The average molecular weight is 514 g/mol. The number of ether oxygens (including phenoxy) is 2. The van der Waals surface area contributed by atoms with Gasteiger partial charge in [0.25, 0.3) is 10.0 Å². The number of carbonyl (C=O) groups excluding carboxylic acids is 1. The normalized spacial score (nSPS) is 13.9. The molecule has 8 nitrogen and oxygen atoms in total. The second-order valence-corrected chi connectivity index (χ2v) is 10.1. The van der Waals surface area contributed by atoms with E-state index in [2.05, 4.69) is 4.90 Å². The minimum absolute atomic E-state index is 0.0591. The van der Waals surface area contributed by atoms with Crippen LogP contribution in [0.5, 0.6) is 11.5 Å². The number of methoxy groups -OCH3 is 2. The van der Waals surface area contributed by atoms with Gasteiger partial charge in [-0.05, 0) is 48.5 Å². The van der Waals surface area contributed by atoms with Crippen molar-refractivity contribution in [1.82, 2.24) is 4.90 Å². The first-order valence-corrected chi connectivity index (χ1v) is 12.9. The summed E-state index contributed by atoms with van der Waals surface area (Å²) in [7, 11) is -1.18. The monoisotopic (exact) mass is 513 g/mol. The second-order valence-electron chi connectivity index (χ2n) is 8.21. The number of benzene rings is 3. The molecular formula is C26H28FN3O5S. The largest absolute Gasteiger partial charge is 0.497 e. The Labute approximate surface area is 210 Å². The van der Waals surface area contributed by atoms with Crippen molar-refractivity contribution in [2.45, 2.75) is 4.90 Å². The Morgan fingerprint density at radius 2 is 1.58 bits per heavy atom. The number of hydrogen-bond acceptors (Lipinski definition) is 6. The molecule has 0 atom stereocenters. The summed E-state index contributed by atoms with van der Waals surface area (Å²) in [6, 6.07) is 19.0. The van der Waals surface area contributed by atoms with Crippen LogP contribution in [-0.4, -0.2) is 66.2 Å². The predicted octanol–water partition coefficient (Wildman–Crippen LogP) is 3.39. The van der Waals surface area contributed by atoms with Crippen LogP contribution in [0.25, 0.3) is 0 Å². The highest BCUT2D eigenvalue weighted by Gasteiger charge is 2.32. The van der Waals surface area contributed by atoms with Crippen LogP contribution < -0.4 is 18.7 Å². The Bertz CT molecular complexity index is 1290. The van der Waals surface area contributed by atoms with Gasteiger partial charge in [0.15, 0.2) is 0 Å². The Morgan fingerprint density at radius 3 is 2.19 bits per heavy atom. The molecule has 0 N–H and O–H groups in total. The van der Waals surface area contributed by atoms with Crippen molar-refractivity contribution in [3.05, 3.63) is 78.6 Å². The molecule has 0 saturated carbocycles. The Kier molecular flexibility index (Phi) is 7.64. The van der Waals surface area contributed by atoms with E-state index in [-0.39, 0.29) is 22.3 Å². The first-order chi connectivity index (χ1) is 17.3. The first kappa shape index (κ1) is 25.3. The quantitative estimate of drug-likeness (QED) is 0.460. The van der Waals surface area contributed by atoms with Gasteiger partial charge in [-0.15, -0.1) is 0 Å². The smallest absolute Gasteiger partial charge is 0.264 e. The third kappa shape index (κ3) is 5.38. The van der Waals surface area contributed by atoms with Crippen LogP contribution in [-0.2, 0) is 14.8 Å². The van der Waals surface area contributed by atoms with Crippen LogP contribution in [0.2, 0.25) is 0 Å². The summed E-state index contributed by atoms with van der Waals surface area (Å²) < 4.78 is 52.5. The molecule has 0 unspecified atom stereocenters. The third-order valence-electron chi connectivity index (χ3n) is 6.09. The van der Waals surface area contributed by atoms with Gasteiger partial charge in [0.1, 0.15) is 23.9 Å². The van der Waals surface area contributed by atoms with E-state index in [1.165, 1.54) is 38.5 Å². The summed E-state index contributed by atoms with van der Waals surface area (Å²) >= 11 is 0. The van der Waals surface area contributed by atoms with E-state index in [0.717, 1.165) is 9.99 Å². The molecule has 1 heterocycles. The maximum Gasteiger partial charge on any atom is 0.264 e. The van der Waals surface area contributed by atoms with E-state index in [9.17, 15) is 17.6 Å². The van der Waals surface area contributed by atoms with Crippen LogP contribution >= 0.6 is 0 Å². The summed E-state index contributed by atoms with van der Waals surface area (Å²) in [5.74, 6) is 0.0852. The molecule has 4 rings (SSSR count). The minimum Gasteiger partial charge on any atom is -0.497 e. The van der Waals surface area contributed by atoms with Crippen molar-refractivity contribution in [1.29, 1.82) is 0 Å². The van der Waals surface area contributed by atoms with Gasteiger partial charge in [0.05, 0.1) is 24.8 Å². The van der Waals surface area contributed by atoms with E-state index in [1.54, 1.807) is 53.4 Å². The Balaban J connectivity index is 1.59. The number of rotatable bonds is 8. The SMILES string of the molecule is COc1ccc(OC)c(N(CC(=O)N2CCN(c3ccc(F)cc3)CC2)S(=O)(=O)c2ccccc2)c1. The molecule has 0 bridgehead atoms. The lowest BCUT2D eigenvalue weighted by Crippen LogP contribution is -2.52. The Hall–Kier alpha value is -3.79. The fourth-order valence-corrected chi connectivity index (χ4v) is 5.54. The van der Waals surface area contributed by atoms with Gasteiger partial charge in [0.2, 0.25) is 5.91 Å². The summed E-state index contributed by atoms with van der Waals surface area (Å²) in [6.45, 7) is 1.50. The molecule has 0 aromatic heterocycles. The molecule has 10 heteroatoms. The molecule has 3 aromatic carbocycles. The minimum atomic E-state index is -4.10. The van der Waals surface area contributed by atoms with E-state index in [4.69, 9.17) is 9.47 Å². The lowest BCUT2D eigenvalue weighted by molar-refractivity contribution is -0.129. The number of sulfonamides is 1. The van der Waals surface area contributed by atoms with Crippen molar-refractivity contribution in [3.63, 3.8) is 0 Å². The average Bonchev–Trinajstić information content (AvgIpc) is 2.92. The molecule has 3 aromatic rings. The number of halogens is 1. The summed E-state index contributed by atoms with van der Waals surface area (Å²) in [5.41, 5.74) is 1.08. The van der Waals surface area contributed by atoms with Gasteiger partial charge in [-0.1, -0.05) is 18.2 Å². The maximum atomic E-state index is 13.7. The molecule has 1 amide bonds. The molecular weight excluding hydrogens is 485 g/mol. The van der Waals surface area contributed by atoms with Crippen LogP contribution in [0.15, 0.2) is 77.7 Å². The van der Waals surface area contributed by atoms with Crippen molar-refractivity contribution >= 4 is 27.3 Å². The summed E-state index contributed by atoms with van der Waals surface area (Å²) in [5, 5.41) is 0. The van der Waals surface area contributed by atoms with E-state index in [1.807, 2.05) is 0 Å². The van der Waals surface area contributed by atoms with Crippen LogP contribution in [0.4, 0.5) is 15.8 Å². The third-order valence-corrected chi connectivity index (χ3v) is 7.86. The Morgan fingerprint density at radius 1 is 0.917 bits per heavy atom. The van der Waals surface area contributed by atoms with Gasteiger partial charge >= 0.3 is 0 Å². The number of hydrogen-bond donors (Lipinski definition) is 0. The number of anilines is 2. The first-order valence-electron chi connectivity index (χ1n) is 11.4. The van der Waals surface area contributed by atoms with Gasteiger partial charge in [-0.25, -0.2) is 12.8 Å². The molecule has 1 fully saturated rings. The highest BCUT2D eigenvalue weighted by molar-refractivity contribution is 7.92. The van der Waals surface area contributed by atoms with E-state index >= 15 is 0 Å². The van der Waals surface area contributed by atoms with E-state index in [0.29, 0.717) is 37.7 Å². The van der Waals surface area contributed by atoms with Crippen molar-refractivity contribution in [2.24, 2.45) is 0 Å². The van der Waals surface area contributed by atoms with Crippen LogP contribution in [0.3, 0.4) is 0 Å². The predicted molar refractivity (Wildman–Crippen MR) is 136 cm³/mol. The molecule has 1 saturated heterocycles. The molecule has 0 radical (unpaired) electrons. The number of piperazine rings is 1. The summed E-state index contributed by atoms with van der Waals surface area (Å²) in [6.07, 6.45) is 0. The van der Waals surface area contributed by atoms with Crippen molar-refractivity contribution < 1.29 is 27.1 Å². The van der Waals surface area contributed by atoms with Gasteiger partial charge in [-0.2, -0.15) is 0 Å². The second kappa shape index (κ2) is 10.9. The number of carbonyl (C=O) groups is 1. The zero-order valence-electron chi connectivity index (χ0n) is 20.1. The number of nitrogens with zero attached hydrogens (tertiary/aromatic N) is 3. The van der Waals surface area contributed by atoms with Crippen LogP contribution in [0, 0.1) is 5.82 Å². The van der Waals surface area contributed by atoms with Gasteiger partial charge in [-0.3, -0.25) is 9.10 Å². The molecule has 1 aliphatic heterocycles. The molecule has 36 heavy (non-hydrogen) atoms. The van der Waals surface area contributed by atoms with Gasteiger partial charge < -0.3 is 19.3 Å². The standard InChI is InChI=1S/C26H28FN3O5S/c1-34-22-12-13-25(35-2)24(18-22)30(36(32,33)23-6-4-3-5-7-23)19-26(31)29-16-14-28(15-17-29)21-10-8-20(27)9-11-21/h3-13,18H,14-17,19H2,1-2H3. The van der Waals surface area contributed by atoms with Gasteiger partial charge in [0, 0.05) is 37.9 Å². The number of amides is 1. The lowest BCUT2D eigenvalue weighted by Gasteiger charge is -2.37. The van der Waals surface area contributed by atoms with Crippen molar-refractivity contribution in [3.8, 4) is 11.5 Å². The molecule has 1 aliphatic rings. The molecule has 0 spiro atoms. The maximum absolute atomic E-state index is 13.7. The zero-order valence-corrected chi connectivity index (χ0v) is 20.9. The fraction of sp³-hybridized carbons (Fsp3) is 0.269. The fourth-order valence-electron chi connectivity index (χ4n) is 4.10. The molecule has 190 valence electrons. The zero-order chi connectivity index (χ0) is 25.7. The van der Waals surface area contributed by atoms with Crippen LogP contribution in [0.1, 0.15) is 0 Å². The topological polar surface area (TPSA) is 79.4 Å². The van der Waals surface area contributed by atoms with Crippen molar-refractivity contribution in [2.75, 3.05) is 56.1 Å². The highest BCUT2D eigenvalue weighted by Crippen LogP contribution is 2.35. The molecule has 0 aliphatic carbocycles. The highest BCUT2D eigenvalue weighted by atomic mass is 32.2. The lowest BCUT2D eigenvalue weighted by atomic mass is 10.2. The van der Waals surface area contributed by atoms with E-state index < -0.39 is 16.6 Å².